The molecule has 1 unspecified atom stereocenters. The first-order valence-corrected chi connectivity index (χ1v) is 11.2. The normalized spacial score (nSPS) is 17.8. The summed E-state index contributed by atoms with van der Waals surface area (Å²) in [4.78, 5) is 27.2. The predicted octanol–water partition coefficient (Wildman–Crippen LogP) is 1.19. The number of anilines is 1. The number of nitrogens with one attached hydrogen (secondary N) is 2. The fourth-order valence-corrected chi connectivity index (χ4v) is 2.99. The van der Waals surface area contributed by atoms with Crippen LogP contribution in [-0.4, -0.2) is 42.1 Å². The molecule has 1 aromatic heterocycles. The van der Waals surface area contributed by atoms with E-state index in [4.69, 9.17) is 4.74 Å². The van der Waals surface area contributed by atoms with Gasteiger partial charge in [-0.05, 0) is 6.04 Å². The number of aromatic nitrogens is 2. The largest absolute Gasteiger partial charge is 0.361 e. The highest BCUT2D eigenvalue weighted by atomic mass is 28.3. The number of hydrogen-bond donors (Lipinski definition) is 2. The molecule has 7 nitrogen and oxygen atoms in total. The first-order valence-electron chi connectivity index (χ1n) is 7.46. The van der Waals surface area contributed by atoms with Gasteiger partial charge in [-0.1, -0.05) is 19.6 Å². The number of imidazole rings is 1. The fraction of sp³-hybridized carbons (Fsp3) is 0.643. The molecule has 1 aliphatic rings. The van der Waals surface area contributed by atoms with Crippen LogP contribution in [0.4, 0.5) is 5.82 Å². The molecule has 8 heteroatoms. The van der Waals surface area contributed by atoms with Gasteiger partial charge >= 0.3 is 0 Å². The van der Waals surface area contributed by atoms with E-state index in [1.54, 1.807) is 6.33 Å². The predicted molar refractivity (Wildman–Crippen MR) is 86.3 cm³/mol. The van der Waals surface area contributed by atoms with Crippen LogP contribution in [0.5, 0.6) is 0 Å². The number of hydrogen-bond acceptors (Lipinski definition) is 4. The fourth-order valence-electron chi connectivity index (χ4n) is 2.23. The zero-order valence-electron chi connectivity index (χ0n) is 13.6. The van der Waals surface area contributed by atoms with E-state index in [-0.39, 0.29) is 11.8 Å². The van der Waals surface area contributed by atoms with Gasteiger partial charge in [0.05, 0.1) is 12.0 Å². The number of ether oxygens (including phenoxy) is 1. The standard InChI is InChI=1S/C14H24N4O3Si/c1-10(19)16-11-7-12-13(17-14(11)20)15-8-18(12)9-21-5-6-22(2,3)4/h8,11H,5-7,9H2,1-4H3,(H,16,19)(H,17,20). The summed E-state index contributed by atoms with van der Waals surface area (Å²) < 4.78 is 7.60. The van der Waals surface area contributed by atoms with Crippen molar-refractivity contribution >= 4 is 25.7 Å². The van der Waals surface area contributed by atoms with Gasteiger partial charge in [-0.2, -0.15) is 0 Å². The Morgan fingerprint density at radius 3 is 2.91 bits per heavy atom. The lowest BCUT2D eigenvalue weighted by molar-refractivity contribution is -0.125. The van der Waals surface area contributed by atoms with E-state index in [0.717, 1.165) is 18.3 Å². The second kappa shape index (κ2) is 6.61. The average molecular weight is 324 g/mol. The summed E-state index contributed by atoms with van der Waals surface area (Å²) >= 11 is 0. The molecule has 0 spiro atoms. The summed E-state index contributed by atoms with van der Waals surface area (Å²) in [5.41, 5.74) is 0.881. The van der Waals surface area contributed by atoms with E-state index < -0.39 is 14.1 Å². The highest BCUT2D eigenvalue weighted by Crippen LogP contribution is 2.21. The lowest BCUT2D eigenvalue weighted by Gasteiger charge is -2.23. The first-order chi connectivity index (χ1) is 10.3. The molecule has 0 radical (unpaired) electrons. The topological polar surface area (TPSA) is 85.2 Å². The number of nitrogens with zero attached hydrogens (tertiary/aromatic N) is 2. The van der Waals surface area contributed by atoms with Crippen LogP contribution in [0.3, 0.4) is 0 Å². The van der Waals surface area contributed by atoms with Crippen molar-refractivity contribution < 1.29 is 14.3 Å². The number of fused-ring (bicyclic) bond motifs is 1. The Kier molecular flexibility index (Phi) is 5.02. The molecule has 2 rings (SSSR count). The number of carbonyl (C=O) groups excluding carboxylic acids is 2. The highest BCUT2D eigenvalue weighted by Gasteiger charge is 2.30. The van der Waals surface area contributed by atoms with Crippen LogP contribution < -0.4 is 10.6 Å². The zero-order chi connectivity index (χ0) is 16.3. The molecule has 0 aliphatic carbocycles. The van der Waals surface area contributed by atoms with Gasteiger partial charge in [0.25, 0.3) is 0 Å². The van der Waals surface area contributed by atoms with Crippen molar-refractivity contribution in [3.63, 3.8) is 0 Å². The first kappa shape index (κ1) is 16.7. The average Bonchev–Trinajstić information content (AvgIpc) is 2.76. The Hall–Kier alpha value is -1.67. The van der Waals surface area contributed by atoms with E-state index in [1.807, 2.05) is 4.57 Å². The minimum absolute atomic E-state index is 0.221. The summed E-state index contributed by atoms with van der Waals surface area (Å²) in [6.45, 7) is 9.47. The van der Waals surface area contributed by atoms with Crippen molar-refractivity contribution in [1.29, 1.82) is 0 Å². The van der Waals surface area contributed by atoms with Crippen molar-refractivity contribution in [1.82, 2.24) is 14.9 Å². The lowest BCUT2D eigenvalue weighted by atomic mass is 10.1. The van der Waals surface area contributed by atoms with E-state index in [9.17, 15) is 9.59 Å². The number of carbonyl (C=O) groups is 2. The van der Waals surface area contributed by atoms with Crippen LogP contribution in [0.15, 0.2) is 6.33 Å². The third-order valence-corrected chi connectivity index (χ3v) is 5.21. The minimum Gasteiger partial charge on any atom is -0.361 e. The molecular formula is C14H24N4O3Si. The number of amides is 2. The van der Waals surface area contributed by atoms with Crippen LogP contribution in [-0.2, 0) is 27.5 Å². The Bertz CT molecular complexity index is 565. The van der Waals surface area contributed by atoms with Crippen molar-refractivity contribution in [3.05, 3.63) is 12.0 Å². The summed E-state index contributed by atoms with van der Waals surface area (Å²) in [7, 11) is -1.10. The van der Waals surface area contributed by atoms with Gasteiger partial charge in [0, 0.05) is 28.0 Å². The lowest BCUT2D eigenvalue weighted by Crippen LogP contribution is -2.47. The van der Waals surface area contributed by atoms with Crippen LogP contribution in [0.2, 0.25) is 25.7 Å². The summed E-state index contributed by atoms with van der Waals surface area (Å²) in [6.07, 6.45) is 2.09. The van der Waals surface area contributed by atoms with E-state index in [1.165, 1.54) is 6.92 Å². The van der Waals surface area contributed by atoms with Gasteiger partial charge in [0.1, 0.15) is 12.8 Å². The maximum absolute atomic E-state index is 11.9. The Morgan fingerprint density at radius 2 is 2.27 bits per heavy atom. The van der Waals surface area contributed by atoms with Gasteiger partial charge in [-0.25, -0.2) is 4.98 Å². The molecule has 2 heterocycles. The maximum Gasteiger partial charge on any atom is 0.248 e. The molecule has 0 aromatic carbocycles. The molecule has 0 saturated heterocycles. The monoisotopic (exact) mass is 324 g/mol. The summed E-state index contributed by atoms with van der Waals surface area (Å²) in [5.74, 6) is 0.106. The molecule has 2 N–H and O–H groups in total. The number of rotatable bonds is 6. The van der Waals surface area contributed by atoms with Crippen LogP contribution in [0.25, 0.3) is 0 Å². The van der Waals surface area contributed by atoms with Crippen molar-refractivity contribution in [2.45, 2.75) is 51.8 Å². The molecule has 2 amide bonds. The second-order valence-electron chi connectivity index (χ2n) is 6.80. The Balaban J connectivity index is 1.96. The quantitative estimate of drug-likeness (QED) is 0.608. The van der Waals surface area contributed by atoms with Gasteiger partial charge in [0.2, 0.25) is 11.8 Å². The van der Waals surface area contributed by atoms with E-state index in [2.05, 4.69) is 35.3 Å². The molecule has 1 aliphatic heterocycles. The van der Waals surface area contributed by atoms with Crippen LogP contribution in [0, 0.1) is 0 Å². The third-order valence-electron chi connectivity index (χ3n) is 3.51. The molecule has 0 saturated carbocycles. The highest BCUT2D eigenvalue weighted by molar-refractivity contribution is 6.76. The van der Waals surface area contributed by atoms with Crippen LogP contribution in [0.1, 0.15) is 12.6 Å². The van der Waals surface area contributed by atoms with Crippen molar-refractivity contribution in [2.24, 2.45) is 0 Å². The molecule has 1 atom stereocenters. The molecular weight excluding hydrogens is 300 g/mol. The molecule has 0 bridgehead atoms. The minimum atomic E-state index is -1.10. The van der Waals surface area contributed by atoms with Gasteiger partial charge in [0.15, 0.2) is 5.82 Å². The summed E-state index contributed by atoms with van der Waals surface area (Å²) in [5, 5.41) is 5.37. The SMILES string of the molecule is CC(=O)NC1Cc2c(ncn2COCC[Si](C)(C)C)NC1=O. The molecule has 22 heavy (non-hydrogen) atoms. The second-order valence-corrected chi connectivity index (χ2v) is 12.4. The zero-order valence-corrected chi connectivity index (χ0v) is 14.6. The van der Waals surface area contributed by atoms with E-state index >= 15 is 0 Å². The molecule has 122 valence electrons. The molecule has 1 aromatic rings. The van der Waals surface area contributed by atoms with Gasteiger partial charge in [-0.3, -0.25) is 9.59 Å². The summed E-state index contributed by atoms with van der Waals surface area (Å²) in [6, 6.07) is 0.553. The molecule has 0 fully saturated rings. The van der Waals surface area contributed by atoms with E-state index in [0.29, 0.717) is 19.0 Å². The van der Waals surface area contributed by atoms with Crippen molar-refractivity contribution in [2.75, 3.05) is 11.9 Å². The third kappa shape index (κ3) is 4.41. The van der Waals surface area contributed by atoms with Gasteiger partial charge in [-0.15, -0.1) is 0 Å². The smallest absolute Gasteiger partial charge is 0.248 e. The maximum atomic E-state index is 11.9. The van der Waals surface area contributed by atoms with Gasteiger partial charge < -0.3 is 19.9 Å². The van der Waals surface area contributed by atoms with Crippen molar-refractivity contribution in [3.8, 4) is 0 Å². The Labute approximate surface area is 131 Å². The Morgan fingerprint density at radius 1 is 1.55 bits per heavy atom. The van der Waals surface area contributed by atoms with Crippen LogP contribution >= 0.6 is 0 Å².